The highest BCUT2D eigenvalue weighted by atomic mass is 32.2. The highest BCUT2D eigenvalue weighted by Crippen LogP contribution is 2.29. The second-order valence-electron chi connectivity index (χ2n) is 3.11. The van der Waals surface area contributed by atoms with Crippen LogP contribution in [0.2, 0.25) is 0 Å². The van der Waals surface area contributed by atoms with Crippen LogP contribution in [0, 0.1) is 17.4 Å². The zero-order valence-corrected chi connectivity index (χ0v) is 8.19. The van der Waals surface area contributed by atoms with Crippen LogP contribution >= 0.6 is 11.8 Å². The molecule has 0 spiro atoms. The van der Waals surface area contributed by atoms with Crippen molar-refractivity contribution in [1.29, 1.82) is 5.26 Å². The van der Waals surface area contributed by atoms with E-state index in [2.05, 4.69) is 17.2 Å². The van der Waals surface area contributed by atoms with Gasteiger partial charge in [0.05, 0.1) is 6.04 Å². The van der Waals surface area contributed by atoms with E-state index >= 15 is 0 Å². The Bertz CT molecular complexity index is 213. The predicted octanol–water partition coefficient (Wildman–Crippen LogP) is 1.57. The lowest BCUT2D eigenvalue weighted by Gasteiger charge is -2.29. The first-order valence-corrected chi connectivity index (χ1v) is 5.25. The fraction of sp³-hybridized carbons (Fsp3) is 0.750. The molecule has 0 heterocycles. The number of hydrogen-bond acceptors (Lipinski definition) is 3. The average Bonchev–Trinajstić information content (AvgIpc) is 2.00. The third-order valence-electron chi connectivity index (χ3n) is 2.00. The summed E-state index contributed by atoms with van der Waals surface area (Å²) in [6, 6.07) is 0.448. The fourth-order valence-corrected chi connectivity index (χ4v) is 1.72. The molecule has 66 valence electrons. The quantitative estimate of drug-likeness (QED) is 0.290. The maximum absolute atomic E-state index is 8.37. The predicted molar refractivity (Wildman–Crippen MR) is 51.9 cm³/mol. The molecule has 1 fully saturated rings. The minimum atomic E-state index is 0.448. The molecule has 0 radical (unpaired) electrons. The second kappa shape index (κ2) is 4.36. The third-order valence-corrected chi connectivity index (χ3v) is 2.60. The summed E-state index contributed by atoms with van der Waals surface area (Å²) in [5, 5.41) is 11.7. The van der Waals surface area contributed by atoms with Crippen LogP contribution in [0.3, 0.4) is 0 Å². The standard InChI is InChI=1S/C8H13N3S/c1-6-3-7(4-6)11-8(12-2)10-5-9/h6-7H,3-4H2,1-2H3,(H,10,11). The minimum Gasteiger partial charge on any atom is -0.272 e. The molecule has 0 bridgehead atoms. The summed E-state index contributed by atoms with van der Waals surface area (Å²) < 4.78 is 0. The number of hydrogen-bond donors (Lipinski definition) is 1. The van der Waals surface area contributed by atoms with Crippen LogP contribution in [-0.2, 0) is 0 Å². The molecule has 1 aliphatic carbocycles. The van der Waals surface area contributed by atoms with Crippen molar-refractivity contribution in [2.24, 2.45) is 10.9 Å². The summed E-state index contributed by atoms with van der Waals surface area (Å²) in [4.78, 5) is 4.39. The van der Waals surface area contributed by atoms with Crippen LogP contribution in [0.15, 0.2) is 4.99 Å². The van der Waals surface area contributed by atoms with Gasteiger partial charge in [0.2, 0.25) is 0 Å². The molecular weight excluding hydrogens is 170 g/mol. The van der Waals surface area contributed by atoms with Gasteiger partial charge in [-0.15, -0.1) is 0 Å². The Balaban J connectivity index is 2.38. The lowest BCUT2D eigenvalue weighted by atomic mass is 9.82. The number of nitriles is 1. The molecule has 0 saturated heterocycles. The molecule has 0 aromatic rings. The normalized spacial score (nSPS) is 28.9. The molecule has 12 heavy (non-hydrogen) atoms. The molecule has 0 unspecified atom stereocenters. The van der Waals surface area contributed by atoms with Gasteiger partial charge in [0.15, 0.2) is 11.4 Å². The number of nitrogens with zero attached hydrogens (tertiary/aromatic N) is 2. The van der Waals surface area contributed by atoms with Crippen LogP contribution in [0.1, 0.15) is 19.8 Å². The van der Waals surface area contributed by atoms with Crippen LogP contribution in [0.5, 0.6) is 0 Å². The first-order valence-electron chi connectivity index (χ1n) is 4.03. The van der Waals surface area contributed by atoms with Gasteiger partial charge in [0, 0.05) is 0 Å². The van der Waals surface area contributed by atoms with E-state index in [4.69, 9.17) is 5.26 Å². The van der Waals surface area contributed by atoms with Gasteiger partial charge >= 0.3 is 0 Å². The van der Waals surface area contributed by atoms with Gasteiger partial charge in [0.25, 0.3) is 0 Å². The lowest BCUT2D eigenvalue weighted by Crippen LogP contribution is -2.27. The van der Waals surface area contributed by atoms with Crippen molar-refractivity contribution >= 4 is 16.9 Å². The van der Waals surface area contributed by atoms with Crippen LogP contribution in [-0.4, -0.2) is 17.5 Å². The molecular formula is C8H13N3S. The monoisotopic (exact) mass is 183 g/mol. The van der Waals surface area contributed by atoms with Gasteiger partial charge in [-0.1, -0.05) is 18.7 Å². The van der Waals surface area contributed by atoms with Crippen molar-refractivity contribution in [1.82, 2.24) is 5.32 Å². The molecule has 0 aromatic heterocycles. The average molecular weight is 183 g/mol. The number of rotatable bonds is 1. The van der Waals surface area contributed by atoms with Crippen molar-refractivity contribution in [3.63, 3.8) is 0 Å². The lowest BCUT2D eigenvalue weighted by molar-refractivity contribution is 0.292. The van der Waals surface area contributed by atoms with Gasteiger partial charge in [-0.05, 0) is 25.0 Å². The van der Waals surface area contributed by atoms with E-state index in [0.29, 0.717) is 6.04 Å². The molecule has 0 atom stereocenters. The summed E-state index contributed by atoms with van der Waals surface area (Å²) in [7, 11) is 0. The Morgan fingerprint density at radius 3 is 2.75 bits per heavy atom. The van der Waals surface area contributed by atoms with Crippen molar-refractivity contribution in [3.8, 4) is 6.19 Å². The Hall–Kier alpha value is -0.690. The van der Waals surface area contributed by atoms with Crippen LogP contribution in [0.4, 0.5) is 0 Å². The van der Waals surface area contributed by atoms with Gasteiger partial charge in [-0.2, -0.15) is 5.26 Å². The minimum absolute atomic E-state index is 0.448. The number of thioether (sulfide) groups is 1. The van der Waals surface area contributed by atoms with E-state index in [1.165, 1.54) is 11.8 Å². The molecule has 0 aliphatic heterocycles. The maximum atomic E-state index is 8.37. The number of nitrogens with one attached hydrogen (secondary N) is 1. The van der Waals surface area contributed by atoms with E-state index in [1.807, 2.05) is 12.4 Å². The van der Waals surface area contributed by atoms with Crippen LogP contribution < -0.4 is 5.32 Å². The molecule has 1 rings (SSSR count). The molecule has 0 amide bonds. The smallest absolute Gasteiger partial charge is 0.183 e. The van der Waals surface area contributed by atoms with Gasteiger partial charge in [-0.3, -0.25) is 10.3 Å². The van der Waals surface area contributed by atoms with Gasteiger partial charge in [-0.25, -0.2) is 0 Å². The zero-order valence-electron chi connectivity index (χ0n) is 7.37. The van der Waals surface area contributed by atoms with E-state index in [1.54, 1.807) is 0 Å². The largest absolute Gasteiger partial charge is 0.272 e. The van der Waals surface area contributed by atoms with E-state index < -0.39 is 0 Å². The Morgan fingerprint density at radius 2 is 2.33 bits per heavy atom. The summed E-state index contributed by atoms with van der Waals surface area (Å²) in [6.45, 7) is 2.22. The van der Waals surface area contributed by atoms with Crippen molar-refractivity contribution in [2.45, 2.75) is 25.8 Å². The molecule has 1 N–H and O–H groups in total. The SMILES string of the molecule is CSC(=NC1CC(C)C1)NC#N. The highest BCUT2D eigenvalue weighted by Gasteiger charge is 2.24. The first kappa shape index (κ1) is 9.40. The van der Waals surface area contributed by atoms with E-state index in [9.17, 15) is 0 Å². The first-order chi connectivity index (χ1) is 5.76. The van der Waals surface area contributed by atoms with Gasteiger partial charge in [0.1, 0.15) is 0 Å². The van der Waals surface area contributed by atoms with Gasteiger partial charge < -0.3 is 0 Å². The Morgan fingerprint density at radius 1 is 1.67 bits per heavy atom. The summed E-state index contributed by atoms with van der Waals surface area (Å²) in [6.07, 6.45) is 6.13. The maximum Gasteiger partial charge on any atom is 0.183 e. The zero-order chi connectivity index (χ0) is 8.97. The number of amidine groups is 1. The Kier molecular flexibility index (Phi) is 3.42. The highest BCUT2D eigenvalue weighted by molar-refractivity contribution is 8.13. The molecule has 0 aromatic carbocycles. The second-order valence-corrected chi connectivity index (χ2v) is 3.90. The molecule has 1 saturated carbocycles. The summed E-state index contributed by atoms with van der Waals surface area (Å²) in [5.41, 5.74) is 0. The van der Waals surface area contributed by atoms with E-state index in [0.717, 1.165) is 23.9 Å². The summed E-state index contributed by atoms with van der Waals surface area (Å²) >= 11 is 1.49. The number of aliphatic imine (C=N–C) groups is 1. The van der Waals surface area contributed by atoms with Crippen LogP contribution in [0.25, 0.3) is 0 Å². The molecule has 4 heteroatoms. The fourth-order valence-electron chi connectivity index (χ4n) is 1.31. The topological polar surface area (TPSA) is 48.2 Å². The van der Waals surface area contributed by atoms with Crippen molar-refractivity contribution in [2.75, 3.05) is 6.26 Å². The summed E-state index contributed by atoms with van der Waals surface area (Å²) in [5.74, 6) is 0.809. The third kappa shape index (κ3) is 2.42. The molecule has 1 aliphatic rings. The molecule has 3 nitrogen and oxygen atoms in total. The Labute approximate surface area is 77.2 Å². The van der Waals surface area contributed by atoms with E-state index in [-0.39, 0.29) is 0 Å². The van der Waals surface area contributed by atoms with Crippen molar-refractivity contribution < 1.29 is 0 Å². The van der Waals surface area contributed by atoms with Crippen molar-refractivity contribution in [3.05, 3.63) is 0 Å².